The van der Waals surface area contributed by atoms with Gasteiger partial charge in [0.25, 0.3) is 0 Å². The fraction of sp³-hybridized carbons (Fsp3) is 0.389. The first-order valence-corrected chi connectivity index (χ1v) is 9.43. The van der Waals surface area contributed by atoms with Gasteiger partial charge in [0, 0.05) is 12.4 Å². The highest BCUT2D eigenvalue weighted by atomic mass is 32.2. The van der Waals surface area contributed by atoms with Gasteiger partial charge in [0.2, 0.25) is 0 Å². The Morgan fingerprint density at radius 2 is 1.45 bits per heavy atom. The molecule has 0 aliphatic heterocycles. The minimum atomic E-state index is -3.34. The molecule has 0 radical (unpaired) electrons. The normalized spacial score (nSPS) is 11.6. The highest BCUT2D eigenvalue weighted by Crippen LogP contribution is 2.25. The third-order valence-corrected chi connectivity index (χ3v) is 5.67. The first-order chi connectivity index (χ1) is 10.5. The van der Waals surface area contributed by atoms with E-state index in [4.69, 9.17) is 0 Å². The van der Waals surface area contributed by atoms with Gasteiger partial charge < -0.3 is 0 Å². The van der Waals surface area contributed by atoms with E-state index >= 15 is 0 Å². The molecule has 0 saturated carbocycles. The van der Waals surface area contributed by atoms with E-state index in [9.17, 15) is 8.42 Å². The van der Waals surface area contributed by atoms with Gasteiger partial charge in [-0.1, -0.05) is 32.9 Å². The summed E-state index contributed by atoms with van der Waals surface area (Å²) in [5, 5.41) is 0. The molecule has 22 heavy (non-hydrogen) atoms. The average Bonchev–Trinajstić information content (AvgIpc) is 2.55. The molecule has 0 fully saturated rings. The number of nitrogens with zero attached hydrogens (tertiary/aromatic N) is 1. The molecule has 0 unspecified atom stereocenters. The molecule has 0 N–H and O–H groups in total. The second kappa shape index (κ2) is 7.05. The Morgan fingerprint density at radius 3 is 1.91 bits per heavy atom. The molecule has 1 heterocycles. The summed E-state index contributed by atoms with van der Waals surface area (Å²) >= 11 is 0. The molecule has 3 nitrogen and oxygen atoms in total. The van der Waals surface area contributed by atoms with E-state index < -0.39 is 9.84 Å². The van der Waals surface area contributed by atoms with Crippen molar-refractivity contribution in [3.05, 3.63) is 58.9 Å². The predicted octanol–water partition coefficient (Wildman–Crippen LogP) is 3.74. The number of benzene rings is 1. The lowest BCUT2D eigenvalue weighted by molar-refractivity contribution is 0.594. The Morgan fingerprint density at radius 1 is 0.909 bits per heavy atom. The second-order valence-electron chi connectivity index (χ2n) is 5.40. The second-order valence-corrected chi connectivity index (χ2v) is 7.38. The van der Waals surface area contributed by atoms with Crippen molar-refractivity contribution < 1.29 is 8.42 Å². The monoisotopic (exact) mass is 317 g/mol. The van der Waals surface area contributed by atoms with Crippen LogP contribution in [0.25, 0.3) is 0 Å². The summed E-state index contributed by atoms with van der Waals surface area (Å²) in [7, 11) is -3.34. The molecular formula is C18H23NO2S. The highest BCUT2D eigenvalue weighted by Gasteiger charge is 2.19. The van der Waals surface area contributed by atoms with E-state index in [0.717, 1.165) is 36.0 Å². The molecule has 118 valence electrons. The van der Waals surface area contributed by atoms with Crippen molar-refractivity contribution in [2.24, 2.45) is 0 Å². The largest absolute Gasteiger partial charge is 0.265 e. The molecule has 0 spiro atoms. The van der Waals surface area contributed by atoms with Crippen molar-refractivity contribution in [3.63, 3.8) is 0 Å². The van der Waals surface area contributed by atoms with Gasteiger partial charge >= 0.3 is 0 Å². The predicted molar refractivity (Wildman–Crippen MR) is 89.7 cm³/mol. The number of hydrogen-bond acceptors (Lipinski definition) is 3. The minimum absolute atomic E-state index is 0.0629. The lowest BCUT2D eigenvalue weighted by Gasteiger charge is -2.16. The first-order valence-electron chi connectivity index (χ1n) is 7.78. The van der Waals surface area contributed by atoms with Crippen LogP contribution in [0.2, 0.25) is 0 Å². The number of rotatable bonds is 6. The molecule has 0 aliphatic rings. The topological polar surface area (TPSA) is 47.0 Å². The molecule has 1 aromatic heterocycles. The SMILES string of the molecule is CCc1cc(CC)c(CS(=O)(=O)c2ccncc2)c(CC)c1. The fourth-order valence-corrected chi connectivity index (χ4v) is 4.16. The third-order valence-electron chi connectivity index (χ3n) is 4.01. The van der Waals surface area contributed by atoms with Gasteiger partial charge in [0.15, 0.2) is 9.84 Å². The maximum absolute atomic E-state index is 12.7. The Kier molecular flexibility index (Phi) is 5.35. The molecule has 4 heteroatoms. The van der Waals surface area contributed by atoms with Crippen LogP contribution in [0.1, 0.15) is 43.0 Å². The summed E-state index contributed by atoms with van der Waals surface area (Å²) in [5.41, 5.74) is 4.54. The van der Waals surface area contributed by atoms with Gasteiger partial charge in [-0.15, -0.1) is 0 Å². The van der Waals surface area contributed by atoms with Crippen molar-refractivity contribution in [1.82, 2.24) is 4.98 Å². The van der Waals surface area contributed by atoms with Gasteiger partial charge in [-0.2, -0.15) is 0 Å². The summed E-state index contributed by atoms with van der Waals surface area (Å²) in [5.74, 6) is 0.0629. The third kappa shape index (κ3) is 3.55. The van der Waals surface area contributed by atoms with E-state index in [1.165, 1.54) is 18.0 Å². The van der Waals surface area contributed by atoms with Crippen LogP contribution in [0.3, 0.4) is 0 Å². The van der Waals surface area contributed by atoms with E-state index in [1.54, 1.807) is 12.1 Å². The Balaban J connectivity index is 2.49. The molecule has 0 aliphatic carbocycles. The standard InChI is InChI=1S/C18H23NO2S/c1-4-14-11-15(5-2)18(16(6-3)12-14)13-22(20,21)17-7-9-19-10-8-17/h7-12H,4-6,13H2,1-3H3. The lowest BCUT2D eigenvalue weighted by atomic mass is 9.95. The first kappa shape index (κ1) is 16.7. The van der Waals surface area contributed by atoms with Crippen LogP contribution in [0.4, 0.5) is 0 Å². The number of aromatic nitrogens is 1. The van der Waals surface area contributed by atoms with Crippen molar-refractivity contribution in [2.75, 3.05) is 0 Å². The summed E-state index contributed by atoms with van der Waals surface area (Å²) in [6, 6.07) is 7.42. The van der Waals surface area contributed by atoms with Crippen molar-refractivity contribution in [3.8, 4) is 0 Å². The molecule has 0 saturated heterocycles. The lowest BCUT2D eigenvalue weighted by Crippen LogP contribution is -2.10. The van der Waals surface area contributed by atoms with E-state index in [0.29, 0.717) is 4.90 Å². The summed E-state index contributed by atoms with van der Waals surface area (Å²) in [6.45, 7) is 6.29. The highest BCUT2D eigenvalue weighted by molar-refractivity contribution is 7.90. The maximum atomic E-state index is 12.7. The van der Waals surface area contributed by atoms with Crippen molar-refractivity contribution in [1.29, 1.82) is 0 Å². The van der Waals surface area contributed by atoms with Gasteiger partial charge in [0.1, 0.15) is 0 Å². The number of sulfone groups is 1. The Bertz CT molecular complexity index is 712. The van der Waals surface area contributed by atoms with Crippen LogP contribution in [-0.4, -0.2) is 13.4 Å². The molecule has 0 amide bonds. The Labute approximate surface area is 133 Å². The molecule has 1 aromatic carbocycles. The summed E-state index contributed by atoms with van der Waals surface area (Å²) in [6.07, 6.45) is 5.71. The number of hydrogen-bond donors (Lipinski definition) is 0. The maximum Gasteiger partial charge on any atom is 0.182 e. The van der Waals surface area contributed by atoms with Gasteiger partial charge in [-0.3, -0.25) is 4.98 Å². The molecular weight excluding hydrogens is 294 g/mol. The van der Waals surface area contributed by atoms with E-state index in [1.807, 2.05) is 0 Å². The molecule has 0 atom stereocenters. The van der Waals surface area contributed by atoms with E-state index in [-0.39, 0.29) is 5.75 Å². The van der Waals surface area contributed by atoms with Crippen LogP contribution in [0, 0.1) is 0 Å². The van der Waals surface area contributed by atoms with Crippen molar-refractivity contribution >= 4 is 9.84 Å². The minimum Gasteiger partial charge on any atom is -0.265 e. The smallest absolute Gasteiger partial charge is 0.182 e. The summed E-state index contributed by atoms with van der Waals surface area (Å²) in [4.78, 5) is 4.23. The van der Waals surface area contributed by atoms with Gasteiger partial charge in [0.05, 0.1) is 10.6 Å². The zero-order chi connectivity index (χ0) is 16.2. The zero-order valence-corrected chi connectivity index (χ0v) is 14.3. The van der Waals surface area contributed by atoms with Gasteiger partial charge in [-0.05, 0) is 53.6 Å². The molecule has 0 bridgehead atoms. The van der Waals surface area contributed by atoms with Crippen LogP contribution in [-0.2, 0) is 34.9 Å². The average molecular weight is 317 g/mol. The fourth-order valence-electron chi connectivity index (χ4n) is 2.71. The molecule has 2 rings (SSSR count). The summed E-state index contributed by atoms with van der Waals surface area (Å²) < 4.78 is 25.3. The van der Waals surface area contributed by atoms with Crippen LogP contribution in [0.5, 0.6) is 0 Å². The quantitative estimate of drug-likeness (QED) is 0.815. The number of pyridine rings is 1. The molecule has 2 aromatic rings. The van der Waals surface area contributed by atoms with E-state index in [2.05, 4.69) is 37.9 Å². The van der Waals surface area contributed by atoms with Crippen LogP contribution >= 0.6 is 0 Å². The zero-order valence-electron chi connectivity index (χ0n) is 13.5. The van der Waals surface area contributed by atoms with Crippen LogP contribution < -0.4 is 0 Å². The van der Waals surface area contributed by atoms with Gasteiger partial charge in [-0.25, -0.2) is 8.42 Å². The van der Waals surface area contributed by atoms with Crippen LogP contribution in [0.15, 0.2) is 41.6 Å². The van der Waals surface area contributed by atoms with Crippen molar-refractivity contribution in [2.45, 2.75) is 50.7 Å². The number of aryl methyl sites for hydroxylation is 3. The Hall–Kier alpha value is -1.68.